The molecular weight excluding hydrogens is 244 g/mol. The molecule has 0 bridgehead atoms. The first-order valence-corrected chi connectivity index (χ1v) is 6.97. The highest BCUT2D eigenvalue weighted by Gasteiger charge is 2.16. The van der Waals surface area contributed by atoms with Crippen LogP contribution in [0.25, 0.3) is 0 Å². The number of nitrogens with zero attached hydrogens (tertiary/aromatic N) is 3. The number of thiazole rings is 1. The average molecular weight is 264 g/mol. The maximum atomic E-state index is 4.48. The predicted molar refractivity (Wildman–Crippen MR) is 74.8 cm³/mol. The third-order valence-corrected chi connectivity index (χ3v) is 4.31. The maximum Gasteiger partial charge on any atom is 0.0900 e. The quantitative estimate of drug-likeness (QED) is 0.923. The molecule has 4 nitrogen and oxygen atoms in total. The number of nitrogens with one attached hydrogen (secondary N) is 1. The molecule has 0 amide bonds. The van der Waals surface area contributed by atoms with Crippen LogP contribution in [0.15, 0.2) is 12.4 Å². The van der Waals surface area contributed by atoms with E-state index in [-0.39, 0.29) is 6.04 Å². The lowest BCUT2D eigenvalue weighted by molar-refractivity contribution is 0.498. The van der Waals surface area contributed by atoms with Crippen molar-refractivity contribution in [2.45, 2.75) is 39.8 Å². The highest BCUT2D eigenvalue weighted by molar-refractivity contribution is 7.11. The Morgan fingerprint density at radius 1 is 1.28 bits per heavy atom. The molecule has 0 saturated carbocycles. The predicted octanol–water partition coefficient (Wildman–Crippen LogP) is 2.91. The Kier molecular flexibility index (Phi) is 3.82. The van der Waals surface area contributed by atoms with Crippen LogP contribution in [0.1, 0.15) is 47.1 Å². The lowest BCUT2D eigenvalue weighted by Gasteiger charge is -2.18. The van der Waals surface area contributed by atoms with Gasteiger partial charge in [0.25, 0.3) is 0 Å². The first kappa shape index (κ1) is 13.2. The maximum absolute atomic E-state index is 4.48. The topological polar surface area (TPSA) is 42.7 Å². The Morgan fingerprint density at radius 3 is 2.50 bits per heavy atom. The summed E-state index contributed by atoms with van der Waals surface area (Å²) < 4.78 is 1.83. The number of hydrogen-bond donors (Lipinski definition) is 1. The molecule has 0 aliphatic carbocycles. The van der Waals surface area contributed by atoms with Crippen LogP contribution in [0, 0.1) is 13.8 Å². The minimum Gasteiger partial charge on any atom is -0.303 e. The van der Waals surface area contributed by atoms with Crippen LogP contribution in [-0.4, -0.2) is 14.8 Å². The summed E-state index contributed by atoms with van der Waals surface area (Å²) in [6.07, 6.45) is 3.96. The second-order valence-corrected chi connectivity index (χ2v) is 5.97. The van der Waals surface area contributed by atoms with E-state index >= 15 is 0 Å². The van der Waals surface area contributed by atoms with Gasteiger partial charge in [-0.05, 0) is 27.7 Å². The molecule has 5 heteroatoms. The van der Waals surface area contributed by atoms with E-state index in [0.29, 0.717) is 6.04 Å². The van der Waals surface area contributed by atoms with Crippen molar-refractivity contribution < 1.29 is 0 Å². The van der Waals surface area contributed by atoms with Gasteiger partial charge in [0.2, 0.25) is 0 Å². The molecule has 2 aromatic heterocycles. The van der Waals surface area contributed by atoms with Gasteiger partial charge in [0, 0.05) is 35.8 Å². The van der Waals surface area contributed by atoms with Gasteiger partial charge in [0.05, 0.1) is 16.9 Å². The van der Waals surface area contributed by atoms with Crippen molar-refractivity contribution in [1.82, 2.24) is 20.1 Å². The Labute approximate surface area is 112 Å². The molecule has 2 unspecified atom stereocenters. The molecule has 2 rings (SSSR count). The van der Waals surface area contributed by atoms with E-state index in [2.05, 4.69) is 49.3 Å². The average Bonchev–Trinajstić information content (AvgIpc) is 2.84. The smallest absolute Gasteiger partial charge is 0.0900 e. The van der Waals surface area contributed by atoms with Gasteiger partial charge in [0.1, 0.15) is 0 Å². The third kappa shape index (κ3) is 2.79. The molecule has 2 aromatic rings. The molecule has 0 saturated heterocycles. The Balaban J connectivity index is 2.07. The molecule has 18 heavy (non-hydrogen) atoms. The molecule has 1 N–H and O–H groups in total. The first-order valence-electron chi connectivity index (χ1n) is 6.16. The van der Waals surface area contributed by atoms with Crippen LogP contribution in [0.5, 0.6) is 0 Å². The van der Waals surface area contributed by atoms with Crippen molar-refractivity contribution in [2.24, 2.45) is 7.05 Å². The number of rotatable bonds is 4. The van der Waals surface area contributed by atoms with Crippen LogP contribution in [0.2, 0.25) is 0 Å². The number of aryl methyl sites for hydroxylation is 3. The second-order valence-electron chi connectivity index (χ2n) is 4.74. The number of hydrogen-bond acceptors (Lipinski definition) is 4. The molecule has 0 fully saturated rings. The first-order chi connectivity index (χ1) is 8.47. The summed E-state index contributed by atoms with van der Waals surface area (Å²) in [5, 5.41) is 8.93. The lowest BCUT2D eigenvalue weighted by Crippen LogP contribution is -2.22. The molecule has 0 spiro atoms. The standard InChI is InChI=1S/C13H20N4S/c1-8(12-6-14-17(5)7-12)15-9(2)13-10(3)16-11(4)18-13/h6-9,15H,1-5H3. The molecule has 2 heterocycles. The van der Waals surface area contributed by atoms with E-state index in [9.17, 15) is 0 Å². The fourth-order valence-electron chi connectivity index (χ4n) is 2.16. The van der Waals surface area contributed by atoms with Gasteiger partial charge in [-0.15, -0.1) is 11.3 Å². The van der Waals surface area contributed by atoms with E-state index in [1.165, 1.54) is 10.4 Å². The van der Waals surface area contributed by atoms with Crippen LogP contribution >= 0.6 is 11.3 Å². The second kappa shape index (κ2) is 5.20. The van der Waals surface area contributed by atoms with Gasteiger partial charge in [-0.2, -0.15) is 5.10 Å². The fraction of sp³-hybridized carbons (Fsp3) is 0.538. The highest BCUT2D eigenvalue weighted by Crippen LogP contribution is 2.26. The molecule has 0 aliphatic rings. The van der Waals surface area contributed by atoms with Gasteiger partial charge in [0.15, 0.2) is 0 Å². The molecule has 2 atom stereocenters. The van der Waals surface area contributed by atoms with E-state index in [4.69, 9.17) is 0 Å². The van der Waals surface area contributed by atoms with Crippen LogP contribution < -0.4 is 5.32 Å². The summed E-state index contributed by atoms with van der Waals surface area (Å²) in [6, 6.07) is 0.599. The van der Waals surface area contributed by atoms with E-state index in [0.717, 1.165) is 10.7 Å². The van der Waals surface area contributed by atoms with Gasteiger partial charge >= 0.3 is 0 Å². The van der Waals surface area contributed by atoms with Crippen molar-refractivity contribution in [3.63, 3.8) is 0 Å². The summed E-state index contributed by atoms with van der Waals surface area (Å²) in [5.41, 5.74) is 2.35. The van der Waals surface area contributed by atoms with E-state index in [1.807, 2.05) is 17.9 Å². The largest absolute Gasteiger partial charge is 0.303 e. The molecule has 0 radical (unpaired) electrons. The number of aromatic nitrogens is 3. The SMILES string of the molecule is Cc1nc(C)c(C(C)NC(C)c2cnn(C)c2)s1. The van der Waals surface area contributed by atoms with Gasteiger partial charge in [-0.25, -0.2) is 4.98 Å². The van der Waals surface area contributed by atoms with E-state index in [1.54, 1.807) is 11.3 Å². The third-order valence-electron chi connectivity index (χ3n) is 3.06. The lowest BCUT2D eigenvalue weighted by atomic mass is 10.1. The minimum absolute atomic E-state index is 0.288. The fourth-order valence-corrected chi connectivity index (χ4v) is 3.10. The van der Waals surface area contributed by atoms with Crippen molar-refractivity contribution in [1.29, 1.82) is 0 Å². The molecule has 98 valence electrons. The normalized spacial score (nSPS) is 14.7. The van der Waals surface area contributed by atoms with E-state index < -0.39 is 0 Å². The summed E-state index contributed by atoms with van der Waals surface area (Å²) >= 11 is 1.77. The van der Waals surface area contributed by atoms with Gasteiger partial charge < -0.3 is 5.32 Å². The van der Waals surface area contributed by atoms with Crippen molar-refractivity contribution >= 4 is 11.3 Å². The van der Waals surface area contributed by atoms with Crippen molar-refractivity contribution in [3.05, 3.63) is 33.5 Å². The monoisotopic (exact) mass is 264 g/mol. The van der Waals surface area contributed by atoms with Crippen molar-refractivity contribution in [3.8, 4) is 0 Å². The summed E-state index contributed by atoms with van der Waals surface area (Å²) in [6.45, 7) is 8.48. The molecule has 0 aromatic carbocycles. The summed E-state index contributed by atoms with van der Waals surface area (Å²) in [4.78, 5) is 5.80. The zero-order valence-electron chi connectivity index (χ0n) is 11.6. The zero-order chi connectivity index (χ0) is 13.3. The Bertz CT molecular complexity index is 529. The minimum atomic E-state index is 0.288. The van der Waals surface area contributed by atoms with Gasteiger partial charge in [-0.3, -0.25) is 4.68 Å². The van der Waals surface area contributed by atoms with Crippen LogP contribution in [0.3, 0.4) is 0 Å². The molecular formula is C13H20N4S. The Hall–Kier alpha value is -1.20. The Morgan fingerprint density at radius 2 is 2.00 bits per heavy atom. The summed E-state index contributed by atoms with van der Waals surface area (Å²) in [7, 11) is 1.94. The molecule has 0 aliphatic heterocycles. The highest BCUT2D eigenvalue weighted by atomic mass is 32.1. The van der Waals surface area contributed by atoms with Crippen LogP contribution in [0.4, 0.5) is 0 Å². The zero-order valence-corrected chi connectivity index (χ0v) is 12.4. The van der Waals surface area contributed by atoms with Gasteiger partial charge in [-0.1, -0.05) is 0 Å². The van der Waals surface area contributed by atoms with Crippen LogP contribution in [-0.2, 0) is 7.05 Å². The summed E-state index contributed by atoms with van der Waals surface area (Å²) in [5.74, 6) is 0. The van der Waals surface area contributed by atoms with Crippen molar-refractivity contribution in [2.75, 3.05) is 0 Å².